The van der Waals surface area contributed by atoms with Crippen LogP contribution in [-0.2, 0) is 12.8 Å². The third-order valence-electron chi connectivity index (χ3n) is 2.69. The van der Waals surface area contributed by atoms with Crippen LogP contribution in [0.2, 0.25) is 0 Å². The summed E-state index contributed by atoms with van der Waals surface area (Å²) in [5.41, 5.74) is 9.23. The summed E-state index contributed by atoms with van der Waals surface area (Å²) in [5, 5.41) is 0. The summed E-state index contributed by atoms with van der Waals surface area (Å²) in [6, 6.07) is 10.2. The molecule has 0 fully saturated rings. The van der Waals surface area contributed by atoms with E-state index in [1.165, 1.54) is 11.1 Å². The molecule has 3 nitrogen and oxygen atoms in total. The molecule has 3 heteroatoms. The molecular formula is C14H17N3. The van der Waals surface area contributed by atoms with Crippen LogP contribution in [0.5, 0.6) is 0 Å². The van der Waals surface area contributed by atoms with Crippen molar-refractivity contribution in [2.24, 2.45) is 0 Å². The quantitative estimate of drug-likeness (QED) is 0.876. The molecule has 0 aliphatic heterocycles. The highest BCUT2D eigenvalue weighted by molar-refractivity contribution is 5.31. The fourth-order valence-corrected chi connectivity index (χ4v) is 1.72. The molecule has 88 valence electrons. The Bertz CT molecular complexity index is 503. The second-order valence-corrected chi connectivity index (χ2v) is 4.22. The normalized spacial score (nSPS) is 10.5. The van der Waals surface area contributed by atoms with Crippen LogP contribution in [0.25, 0.3) is 0 Å². The smallest absolute Gasteiger partial charge is 0.135 e. The summed E-state index contributed by atoms with van der Waals surface area (Å²) in [6.45, 7) is 4.15. The Morgan fingerprint density at radius 1 is 1.12 bits per heavy atom. The van der Waals surface area contributed by atoms with E-state index in [0.717, 1.165) is 24.4 Å². The number of aromatic nitrogens is 2. The van der Waals surface area contributed by atoms with E-state index >= 15 is 0 Å². The van der Waals surface area contributed by atoms with Gasteiger partial charge in [0, 0.05) is 18.2 Å². The highest BCUT2D eigenvalue weighted by Crippen LogP contribution is 2.10. The second-order valence-electron chi connectivity index (χ2n) is 4.22. The molecule has 0 unspecified atom stereocenters. The van der Waals surface area contributed by atoms with E-state index in [1.54, 1.807) is 0 Å². The van der Waals surface area contributed by atoms with E-state index in [2.05, 4.69) is 48.1 Å². The minimum Gasteiger partial charge on any atom is -0.384 e. The summed E-state index contributed by atoms with van der Waals surface area (Å²) in [7, 11) is 0. The number of aryl methyl sites for hydroxylation is 2. The Morgan fingerprint density at radius 2 is 1.82 bits per heavy atom. The van der Waals surface area contributed by atoms with Crippen molar-refractivity contribution in [2.45, 2.75) is 26.7 Å². The third kappa shape index (κ3) is 3.03. The first-order chi connectivity index (χ1) is 8.17. The van der Waals surface area contributed by atoms with Crippen LogP contribution in [0, 0.1) is 6.92 Å². The molecule has 0 aliphatic carbocycles. The van der Waals surface area contributed by atoms with Crippen molar-refractivity contribution in [3.63, 3.8) is 0 Å². The Morgan fingerprint density at radius 3 is 2.47 bits per heavy atom. The van der Waals surface area contributed by atoms with Gasteiger partial charge in [0.05, 0.1) is 0 Å². The van der Waals surface area contributed by atoms with Crippen molar-refractivity contribution >= 4 is 5.82 Å². The van der Waals surface area contributed by atoms with Crippen LogP contribution in [0.4, 0.5) is 5.82 Å². The number of hydrogen-bond donors (Lipinski definition) is 1. The maximum Gasteiger partial charge on any atom is 0.135 e. The van der Waals surface area contributed by atoms with Gasteiger partial charge in [-0.25, -0.2) is 9.97 Å². The molecule has 0 radical (unpaired) electrons. The van der Waals surface area contributed by atoms with Crippen molar-refractivity contribution in [3.8, 4) is 0 Å². The van der Waals surface area contributed by atoms with Crippen LogP contribution < -0.4 is 5.73 Å². The molecule has 0 bridgehead atoms. The van der Waals surface area contributed by atoms with Gasteiger partial charge in [-0.2, -0.15) is 0 Å². The molecule has 1 heterocycles. The lowest BCUT2D eigenvalue weighted by Gasteiger charge is -2.05. The minimum absolute atomic E-state index is 0.555. The number of nitrogens with two attached hydrogens (primary N) is 1. The highest BCUT2D eigenvalue weighted by Gasteiger charge is 2.03. The largest absolute Gasteiger partial charge is 0.384 e. The summed E-state index contributed by atoms with van der Waals surface area (Å²) in [5.74, 6) is 1.35. The fourth-order valence-electron chi connectivity index (χ4n) is 1.72. The lowest BCUT2D eigenvalue weighted by Crippen LogP contribution is -2.03. The molecule has 0 aliphatic rings. The molecule has 2 aromatic rings. The Hall–Kier alpha value is -1.90. The molecule has 2 N–H and O–H groups in total. The standard InChI is InChI=1S/C14H17N3/c1-3-12-9-13(15)17-14(16-12)8-11-6-4-10(2)5-7-11/h4-7,9H,3,8H2,1-2H3,(H2,15,16,17). The van der Waals surface area contributed by atoms with E-state index in [4.69, 9.17) is 5.73 Å². The van der Waals surface area contributed by atoms with Gasteiger partial charge in [0.1, 0.15) is 11.6 Å². The van der Waals surface area contributed by atoms with E-state index in [1.807, 2.05) is 6.07 Å². The highest BCUT2D eigenvalue weighted by atomic mass is 14.9. The number of rotatable bonds is 3. The van der Waals surface area contributed by atoms with Gasteiger partial charge in [-0.3, -0.25) is 0 Å². The molecule has 0 saturated carbocycles. The van der Waals surface area contributed by atoms with Gasteiger partial charge in [0.15, 0.2) is 0 Å². The number of benzene rings is 1. The minimum atomic E-state index is 0.555. The van der Waals surface area contributed by atoms with Gasteiger partial charge < -0.3 is 5.73 Å². The van der Waals surface area contributed by atoms with E-state index in [0.29, 0.717) is 5.82 Å². The topological polar surface area (TPSA) is 51.8 Å². The van der Waals surface area contributed by atoms with Crippen LogP contribution in [-0.4, -0.2) is 9.97 Å². The average Bonchev–Trinajstić information content (AvgIpc) is 2.31. The summed E-state index contributed by atoms with van der Waals surface area (Å²) >= 11 is 0. The van der Waals surface area contributed by atoms with Crippen molar-refractivity contribution in [1.82, 2.24) is 9.97 Å². The lowest BCUT2D eigenvalue weighted by molar-refractivity contribution is 0.911. The Labute approximate surface area is 102 Å². The maximum atomic E-state index is 5.76. The lowest BCUT2D eigenvalue weighted by atomic mass is 10.1. The zero-order valence-electron chi connectivity index (χ0n) is 10.3. The number of nitrogens with zero attached hydrogens (tertiary/aromatic N) is 2. The number of nitrogen functional groups attached to an aromatic ring is 1. The third-order valence-corrected chi connectivity index (χ3v) is 2.69. The van der Waals surface area contributed by atoms with Gasteiger partial charge >= 0.3 is 0 Å². The van der Waals surface area contributed by atoms with Gasteiger partial charge in [-0.05, 0) is 18.9 Å². The van der Waals surface area contributed by atoms with Crippen molar-refractivity contribution in [3.05, 3.63) is 53.0 Å². The maximum absolute atomic E-state index is 5.76. The SMILES string of the molecule is CCc1cc(N)nc(Cc2ccc(C)cc2)n1. The first kappa shape index (κ1) is 11.6. The number of anilines is 1. The summed E-state index contributed by atoms with van der Waals surface area (Å²) in [6.07, 6.45) is 1.62. The fraction of sp³-hybridized carbons (Fsp3) is 0.286. The summed E-state index contributed by atoms with van der Waals surface area (Å²) in [4.78, 5) is 8.74. The van der Waals surface area contributed by atoms with Crippen LogP contribution in [0.15, 0.2) is 30.3 Å². The molecule has 17 heavy (non-hydrogen) atoms. The Balaban J connectivity index is 2.23. The van der Waals surface area contributed by atoms with Crippen LogP contribution >= 0.6 is 0 Å². The van der Waals surface area contributed by atoms with Crippen LogP contribution in [0.1, 0.15) is 29.6 Å². The first-order valence-corrected chi connectivity index (χ1v) is 5.85. The van der Waals surface area contributed by atoms with Crippen LogP contribution in [0.3, 0.4) is 0 Å². The van der Waals surface area contributed by atoms with Gasteiger partial charge in [0.2, 0.25) is 0 Å². The molecule has 1 aromatic heterocycles. The average molecular weight is 227 g/mol. The van der Waals surface area contributed by atoms with Crippen molar-refractivity contribution in [2.75, 3.05) is 5.73 Å². The monoisotopic (exact) mass is 227 g/mol. The molecule has 0 saturated heterocycles. The molecular weight excluding hydrogens is 210 g/mol. The number of hydrogen-bond acceptors (Lipinski definition) is 3. The molecule has 0 spiro atoms. The van der Waals surface area contributed by atoms with E-state index in [-0.39, 0.29) is 0 Å². The predicted octanol–water partition coefficient (Wildman–Crippen LogP) is 2.52. The van der Waals surface area contributed by atoms with E-state index < -0.39 is 0 Å². The molecule has 2 rings (SSSR count). The first-order valence-electron chi connectivity index (χ1n) is 5.85. The second kappa shape index (κ2) is 4.95. The van der Waals surface area contributed by atoms with Crippen molar-refractivity contribution < 1.29 is 0 Å². The van der Waals surface area contributed by atoms with Gasteiger partial charge in [0.25, 0.3) is 0 Å². The molecule has 1 aromatic carbocycles. The molecule has 0 atom stereocenters. The zero-order chi connectivity index (χ0) is 12.3. The molecule has 0 amide bonds. The Kier molecular flexibility index (Phi) is 3.38. The summed E-state index contributed by atoms with van der Waals surface area (Å²) < 4.78 is 0. The van der Waals surface area contributed by atoms with Gasteiger partial charge in [-0.15, -0.1) is 0 Å². The van der Waals surface area contributed by atoms with E-state index in [9.17, 15) is 0 Å². The van der Waals surface area contributed by atoms with Crippen molar-refractivity contribution in [1.29, 1.82) is 0 Å². The van der Waals surface area contributed by atoms with Gasteiger partial charge in [-0.1, -0.05) is 36.8 Å². The zero-order valence-corrected chi connectivity index (χ0v) is 10.3. The predicted molar refractivity (Wildman–Crippen MR) is 69.8 cm³/mol.